The minimum Gasteiger partial charge on any atom is -0.459 e. The predicted octanol–water partition coefficient (Wildman–Crippen LogP) is 2.17. The summed E-state index contributed by atoms with van der Waals surface area (Å²) in [5.41, 5.74) is 2.54. The maximum atomic E-state index is 13.1. The van der Waals surface area contributed by atoms with Crippen LogP contribution in [0.5, 0.6) is 0 Å². The standard InChI is InChI=1S/C20H21N3O5S/c1-13(2)18-15-12-14(5-6-16(15)21-19(18)24)29(26,27)23-9-7-22(8-10-23)20(25)17-4-3-11-28-17/h3-6,11-12H,7-10H2,1-2H3,(H,21,24). The zero-order valence-corrected chi connectivity index (χ0v) is 17.0. The van der Waals surface area contributed by atoms with Gasteiger partial charge in [0.15, 0.2) is 5.76 Å². The molecule has 2 aliphatic heterocycles. The van der Waals surface area contributed by atoms with Crippen LogP contribution in [0.2, 0.25) is 0 Å². The number of carbonyl (C=O) groups excluding carboxylic acids is 2. The fourth-order valence-electron chi connectivity index (χ4n) is 3.64. The number of allylic oxidation sites excluding steroid dienone is 1. The van der Waals surface area contributed by atoms with E-state index in [2.05, 4.69) is 5.32 Å². The lowest BCUT2D eigenvalue weighted by atomic mass is 10.0. The number of anilines is 1. The highest BCUT2D eigenvalue weighted by Gasteiger charge is 2.33. The van der Waals surface area contributed by atoms with Crippen LogP contribution < -0.4 is 5.32 Å². The zero-order valence-electron chi connectivity index (χ0n) is 16.1. The second-order valence-electron chi connectivity index (χ2n) is 7.21. The smallest absolute Gasteiger partial charge is 0.289 e. The van der Waals surface area contributed by atoms with Crippen molar-refractivity contribution >= 4 is 33.1 Å². The fourth-order valence-corrected chi connectivity index (χ4v) is 5.09. The van der Waals surface area contributed by atoms with Crippen molar-refractivity contribution < 1.29 is 22.4 Å². The Morgan fingerprint density at radius 3 is 2.45 bits per heavy atom. The number of benzene rings is 1. The van der Waals surface area contributed by atoms with E-state index in [-0.39, 0.29) is 48.6 Å². The molecule has 3 heterocycles. The SMILES string of the molecule is CC(C)=C1C(=O)Nc2ccc(S(=O)(=O)N3CCN(C(=O)c4ccco4)CC3)cc21. The maximum absolute atomic E-state index is 13.1. The van der Waals surface area contributed by atoms with E-state index in [0.717, 1.165) is 5.57 Å². The zero-order chi connectivity index (χ0) is 20.8. The number of sulfonamides is 1. The Balaban J connectivity index is 1.54. The van der Waals surface area contributed by atoms with Crippen LogP contribution in [0, 0.1) is 0 Å². The van der Waals surface area contributed by atoms with Crippen molar-refractivity contribution in [2.45, 2.75) is 18.7 Å². The van der Waals surface area contributed by atoms with E-state index in [4.69, 9.17) is 4.42 Å². The van der Waals surface area contributed by atoms with Crippen LogP contribution in [0.25, 0.3) is 5.57 Å². The summed E-state index contributed by atoms with van der Waals surface area (Å²) in [6.07, 6.45) is 1.43. The minimum atomic E-state index is -3.74. The molecule has 1 aromatic heterocycles. The van der Waals surface area contributed by atoms with Crippen LogP contribution in [-0.4, -0.2) is 55.6 Å². The van der Waals surface area contributed by atoms with Crippen molar-refractivity contribution in [2.75, 3.05) is 31.5 Å². The molecule has 1 aromatic carbocycles. The molecule has 0 radical (unpaired) electrons. The molecule has 9 heteroatoms. The van der Waals surface area contributed by atoms with E-state index in [1.807, 2.05) is 13.8 Å². The predicted molar refractivity (Wildman–Crippen MR) is 107 cm³/mol. The second kappa shape index (κ2) is 7.16. The summed E-state index contributed by atoms with van der Waals surface area (Å²) in [4.78, 5) is 26.2. The van der Waals surface area contributed by atoms with Crippen LogP contribution in [-0.2, 0) is 14.8 Å². The third-order valence-electron chi connectivity index (χ3n) is 5.13. The average molecular weight is 415 g/mol. The Hall–Kier alpha value is -2.91. The van der Waals surface area contributed by atoms with Crippen LogP contribution in [0.4, 0.5) is 5.69 Å². The fraction of sp³-hybridized carbons (Fsp3) is 0.300. The highest BCUT2D eigenvalue weighted by atomic mass is 32.2. The number of amides is 2. The lowest BCUT2D eigenvalue weighted by Gasteiger charge is -2.33. The molecule has 2 aromatic rings. The van der Waals surface area contributed by atoms with E-state index in [1.165, 1.54) is 16.6 Å². The number of fused-ring (bicyclic) bond motifs is 1. The molecule has 0 bridgehead atoms. The van der Waals surface area contributed by atoms with Gasteiger partial charge in [0.05, 0.1) is 11.2 Å². The number of hydrogen-bond donors (Lipinski definition) is 1. The molecule has 0 spiro atoms. The Morgan fingerprint density at radius 2 is 1.83 bits per heavy atom. The first-order valence-electron chi connectivity index (χ1n) is 9.25. The van der Waals surface area contributed by atoms with Gasteiger partial charge < -0.3 is 14.6 Å². The van der Waals surface area contributed by atoms with Crippen molar-refractivity contribution in [3.05, 3.63) is 53.5 Å². The van der Waals surface area contributed by atoms with Crippen LogP contribution in [0.3, 0.4) is 0 Å². The van der Waals surface area contributed by atoms with E-state index >= 15 is 0 Å². The van der Waals surface area contributed by atoms with E-state index in [9.17, 15) is 18.0 Å². The van der Waals surface area contributed by atoms with Gasteiger partial charge in [0.2, 0.25) is 10.0 Å². The molecule has 1 N–H and O–H groups in total. The first kappa shape index (κ1) is 19.4. The van der Waals surface area contributed by atoms with Crippen LogP contribution in [0.1, 0.15) is 30.0 Å². The third-order valence-corrected chi connectivity index (χ3v) is 7.03. The molecule has 0 atom stereocenters. The number of piperazine rings is 1. The van der Waals surface area contributed by atoms with Gasteiger partial charge in [0.1, 0.15) is 0 Å². The van der Waals surface area contributed by atoms with Gasteiger partial charge in [-0.1, -0.05) is 5.57 Å². The largest absolute Gasteiger partial charge is 0.459 e. The summed E-state index contributed by atoms with van der Waals surface area (Å²) < 4.78 is 32.8. The highest BCUT2D eigenvalue weighted by Crippen LogP contribution is 2.36. The molecule has 1 saturated heterocycles. The van der Waals surface area contributed by atoms with E-state index in [0.29, 0.717) is 16.8 Å². The van der Waals surface area contributed by atoms with Crippen molar-refractivity contribution in [2.24, 2.45) is 0 Å². The molecular weight excluding hydrogens is 394 g/mol. The Morgan fingerprint density at radius 1 is 1.10 bits per heavy atom. The van der Waals surface area contributed by atoms with Crippen molar-refractivity contribution in [1.29, 1.82) is 0 Å². The number of rotatable bonds is 3. The summed E-state index contributed by atoms with van der Waals surface area (Å²) in [5.74, 6) is -0.228. The Kier molecular flexibility index (Phi) is 4.79. The van der Waals surface area contributed by atoms with Gasteiger partial charge in [-0.3, -0.25) is 9.59 Å². The molecule has 0 saturated carbocycles. The summed E-state index contributed by atoms with van der Waals surface area (Å²) in [5, 5.41) is 2.76. The maximum Gasteiger partial charge on any atom is 0.289 e. The van der Waals surface area contributed by atoms with Crippen LogP contribution >= 0.6 is 0 Å². The van der Waals surface area contributed by atoms with Gasteiger partial charge in [0, 0.05) is 43.0 Å². The first-order chi connectivity index (χ1) is 13.8. The summed E-state index contributed by atoms with van der Waals surface area (Å²) in [7, 11) is -3.74. The summed E-state index contributed by atoms with van der Waals surface area (Å²) in [6, 6.07) is 7.90. The summed E-state index contributed by atoms with van der Waals surface area (Å²) >= 11 is 0. The van der Waals surface area contributed by atoms with Crippen molar-refractivity contribution in [1.82, 2.24) is 9.21 Å². The number of nitrogens with one attached hydrogen (secondary N) is 1. The third kappa shape index (κ3) is 3.36. The van der Waals surface area contributed by atoms with E-state index < -0.39 is 10.0 Å². The molecule has 4 rings (SSSR count). The monoisotopic (exact) mass is 415 g/mol. The lowest BCUT2D eigenvalue weighted by Crippen LogP contribution is -2.50. The molecule has 8 nitrogen and oxygen atoms in total. The number of nitrogens with zero attached hydrogens (tertiary/aromatic N) is 2. The normalized spacial score (nSPS) is 17.2. The lowest BCUT2D eigenvalue weighted by molar-refractivity contribution is -0.110. The van der Waals surface area contributed by atoms with Gasteiger partial charge in [-0.2, -0.15) is 4.31 Å². The van der Waals surface area contributed by atoms with E-state index in [1.54, 1.807) is 29.2 Å². The van der Waals surface area contributed by atoms with Gasteiger partial charge >= 0.3 is 0 Å². The van der Waals surface area contributed by atoms with Gasteiger partial charge in [-0.05, 0) is 44.2 Å². The molecule has 1 fully saturated rings. The molecule has 29 heavy (non-hydrogen) atoms. The minimum absolute atomic E-state index is 0.136. The molecule has 0 unspecified atom stereocenters. The molecule has 2 amide bonds. The molecular formula is C20H21N3O5S. The Bertz CT molecular complexity index is 1110. The molecule has 2 aliphatic rings. The molecule has 152 valence electrons. The second-order valence-corrected chi connectivity index (χ2v) is 9.15. The topological polar surface area (TPSA) is 99.9 Å². The average Bonchev–Trinajstić information content (AvgIpc) is 3.33. The quantitative estimate of drug-likeness (QED) is 0.775. The van der Waals surface area contributed by atoms with Crippen molar-refractivity contribution in [3.63, 3.8) is 0 Å². The number of furan rings is 1. The number of carbonyl (C=O) groups is 2. The number of hydrogen-bond acceptors (Lipinski definition) is 5. The molecule has 0 aliphatic carbocycles. The van der Waals surface area contributed by atoms with Gasteiger partial charge in [-0.15, -0.1) is 0 Å². The van der Waals surface area contributed by atoms with Crippen molar-refractivity contribution in [3.8, 4) is 0 Å². The van der Waals surface area contributed by atoms with Crippen LogP contribution in [0.15, 0.2) is 51.5 Å². The van der Waals surface area contributed by atoms with Gasteiger partial charge in [0.25, 0.3) is 11.8 Å². The van der Waals surface area contributed by atoms with Gasteiger partial charge in [-0.25, -0.2) is 8.42 Å². The Labute approximate surface area is 168 Å². The highest BCUT2D eigenvalue weighted by molar-refractivity contribution is 7.89. The first-order valence-corrected chi connectivity index (χ1v) is 10.7. The summed E-state index contributed by atoms with van der Waals surface area (Å²) in [6.45, 7) is 4.59.